The third kappa shape index (κ3) is 3.39. The van der Waals surface area contributed by atoms with Gasteiger partial charge >= 0.3 is 0 Å². The molecule has 1 aromatic heterocycles. The Balaban J connectivity index is 1.69. The standard InChI is InChI=1S/C16H16Cl2N4O2/c1-11(22-9-13(18)8-19-22)16(24)20-5-6-21(15(23)10-20)14-4-2-3-12(17)7-14/h2-4,7-9,11H,5-6,10H2,1H3/t11-/m1/s1. The van der Waals surface area contributed by atoms with Gasteiger partial charge in [0.15, 0.2) is 0 Å². The largest absolute Gasteiger partial charge is 0.330 e. The van der Waals surface area contributed by atoms with E-state index in [0.29, 0.717) is 23.1 Å². The maximum Gasteiger partial charge on any atom is 0.247 e. The topological polar surface area (TPSA) is 58.4 Å². The molecule has 24 heavy (non-hydrogen) atoms. The number of hydrogen-bond donors (Lipinski definition) is 0. The molecule has 1 aromatic carbocycles. The number of halogens is 2. The third-order valence-corrected chi connectivity index (χ3v) is 4.41. The number of benzene rings is 1. The lowest BCUT2D eigenvalue weighted by Crippen LogP contribution is -2.53. The highest BCUT2D eigenvalue weighted by atomic mass is 35.5. The van der Waals surface area contributed by atoms with E-state index >= 15 is 0 Å². The van der Waals surface area contributed by atoms with Gasteiger partial charge in [-0.05, 0) is 25.1 Å². The van der Waals surface area contributed by atoms with E-state index in [1.54, 1.807) is 41.1 Å². The van der Waals surface area contributed by atoms with E-state index < -0.39 is 6.04 Å². The van der Waals surface area contributed by atoms with Crippen molar-refractivity contribution in [3.05, 3.63) is 46.7 Å². The number of hydrogen-bond acceptors (Lipinski definition) is 3. The first-order valence-corrected chi connectivity index (χ1v) is 8.25. The molecule has 6 nitrogen and oxygen atoms in total. The van der Waals surface area contributed by atoms with Crippen LogP contribution in [-0.4, -0.2) is 46.1 Å². The summed E-state index contributed by atoms with van der Waals surface area (Å²) in [5.41, 5.74) is 0.742. The Morgan fingerprint density at radius 1 is 1.25 bits per heavy atom. The molecule has 8 heteroatoms. The number of nitrogens with zero attached hydrogens (tertiary/aromatic N) is 4. The smallest absolute Gasteiger partial charge is 0.247 e. The molecule has 1 saturated heterocycles. The van der Waals surface area contributed by atoms with E-state index in [-0.39, 0.29) is 18.4 Å². The van der Waals surface area contributed by atoms with Gasteiger partial charge in [0.25, 0.3) is 0 Å². The van der Waals surface area contributed by atoms with Gasteiger partial charge < -0.3 is 9.80 Å². The normalized spacial score (nSPS) is 16.4. The first kappa shape index (κ1) is 16.8. The summed E-state index contributed by atoms with van der Waals surface area (Å²) < 4.78 is 1.50. The second-order valence-corrected chi connectivity index (χ2v) is 6.47. The van der Waals surface area contributed by atoms with Crippen LogP contribution in [0.3, 0.4) is 0 Å². The number of rotatable bonds is 3. The fraction of sp³-hybridized carbons (Fsp3) is 0.312. The second kappa shape index (κ2) is 6.83. The number of anilines is 1. The zero-order valence-corrected chi connectivity index (χ0v) is 14.5. The lowest BCUT2D eigenvalue weighted by Gasteiger charge is -2.35. The molecule has 0 unspecified atom stereocenters. The summed E-state index contributed by atoms with van der Waals surface area (Å²) in [7, 11) is 0. The van der Waals surface area contributed by atoms with E-state index in [2.05, 4.69) is 5.10 Å². The van der Waals surface area contributed by atoms with Gasteiger partial charge in [0.1, 0.15) is 12.6 Å². The molecule has 0 N–H and O–H groups in total. The summed E-state index contributed by atoms with van der Waals surface area (Å²) in [6.07, 6.45) is 3.07. The number of piperazine rings is 1. The van der Waals surface area contributed by atoms with E-state index in [1.165, 1.54) is 10.9 Å². The van der Waals surface area contributed by atoms with Crippen LogP contribution in [0.4, 0.5) is 5.69 Å². The summed E-state index contributed by atoms with van der Waals surface area (Å²) >= 11 is 11.8. The molecule has 2 amide bonds. The molecule has 0 bridgehead atoms. The summed E-state index contributed by atoms with van der Waals surface area (Å²) in [6.45, 7) is 2.65. The summed E-state index contributed by atoms with van der Waals surface area (Å²) in [4.78, 5) is 28.2. The molecule has 2 aromatic rings. The summed E-state index contributed by atoms with van der Waals surface area (Å²) in [5.74, 6) is -0.295. The van der Waals surface area contributed by atoms with Crippen LogP contribution in [0.2, 0.25) is 10.0 Å². The Bertz CT molecular complexity index is 777. The van der Waals surface area contributed by atoms with Crippen molar-refractivity contribution < 1.29 is 9.59 Å². The minimum Gasteiger partial charge on any atom is -0.330 e. The molecule has 1 atom stereocenters. The second-order valence-electron chi connectivity index (χ2n) is 5.60. The fourth-order valence-corrected chi connectivity index (χ4v) is 3.01. The summed E-state index contributed by atoms with van der Waals surface area (Å²) in [6, 6.07) is 6.61. The van der Waals surface area contributed by atoms with Crippen molar-refractivity contribution in [1.29, 1.82) is 0 Å². The average molecular weight is 367 g/mol. The van der Waals surface area contributed by atoms with Crippen molar-refractivity contribution in [2.75, 3.05) is 24.5 Å². The van der Waals surface area contributed by atoms with Crippen LogP contribution in [0.5, 0.6) is 0 Å². The van der Waals surface area contributed by atoms with Crippen molar-refractivity contribution in [1.82, 2.24) is 14.7 Å². The van der Waals surface area contributed by atoms with E-state index in [1.807, 2.05) is 6.07 Å². The fourth-order valence-electron chi connectivity index (χ4n) is 2.68. The maximum atomic E-state index is 12.6. The first-order chi connectivity index (χ1) is 11.5. The van der Waals surface area contributed by atoms with Gasteiger partial charge in [-0.3, -0.25) is 14.3 Å². The van der Waals surface area contributed by atoms with Crippen molar-refractivity contribution in [3.8, 4) is 0 Å². The molecular weight excluding hydrogens is 351 g/mol. The van der Waals surface area contributed by atoms with Crippen molar-refractivity contribution in [2.24, 2.45) is 0 Å². The Hall–Kier alpha value is -2.05. The van der Waals surface area contributed by atoms with Gasteiger partial charge in [0.2, 0.25) is 11.8 Å². The van der Waals surface area contributed by atoms with Crippen LogP contribution in [0.25, 0.3) is 0 Å². The molecular formula is C16H16Cl2N4O2. The van der Waals surface area contributed by atoms with Crippen LogP contribution in [0.1, 0.15) is 13.0 Å². The average Bonchev–Trinajstić information content (AvgIpc) is 3.00. The molecule has 0 saturated carbocycles. The van der Waals surface area contributed by atoms with Crippen LogP contribution in [-0.2, 0) is 9.59 Å². The third-order valence-electron chi connectivity index (χ3n) is 3.98. The highest BCUT2D eigenvalue weighted by Crippen LogP contribution is 2.22. The monoisotopic (exact) mass is 366 g/mol. The molecule has 126 valence electrons. The van der Waals surface area contributed by atoms with Crippen LogP contribution in [0, 0.1) is 0 Å². The molecule has 0 radical (unpaired) electrons. The number of carbonyl (C=O) groups is 2. The van der Waals surface area contributed by atoms with Gasteiger partial charge in [-0.15, -0.1) is 0 Å². The number of amides is 2. The van der Waals surface area contributed by atoms with Gasteiger partial charge in [-0.2, -0.15) is 5.10 Å². The first-order valence-electron chi connectivity index (χ1n) is 7.50. The lowest BCUT2D eigenvalue weighted by atomic mass is 10.2. The zero-order chi connectivity index (χ0) is 17.3. The number of carbonyl (C=O) groups excluding carboxylic acids is 2. The van der Waals surface area contributed by atoms with E-state index in [9.17, 15) is 9.59 Å². The molecule has 1 aliphatic heterocycles. The molecule has 1 fully saturated rings. The minimum absolute atomic E-state index is 0.0324. The Morgan fingerprint density at radius 3 is 2.67 bits per heavy atom. The lowest BCUT2D eigenvalue weighted by molar-refractivity contribution is -0.139. The van der Waals surface area contributed by atoms with Gasteiger partial charge in [-0.1, -0.05) is 29.3 Å². The Kier molecular flexibility index (Phi) is 4.78. The van der Waals surface area contributed by atoms with Crippen LogP contribution >= 0.6 is 23.2 Å². The molecule has 0 spiro atoms. The SMILES string of the molecule is C[C@H](C(=O)N1CCN(c2cccc(Cl)c2)C(=O)C1)n1cc(Cl)cn1. The zero-order valence-electron chi connectivity index (χ0n) is 13.0. The van der Waals surface area contributed by atoms with Crippen molar-refractivity contribution >= 4 is 40.7 Å². The minimum atomic E-state index is -0.511. The van der Waals surface area contributed by atoms with E-state index in [0.717, 1.165) is 5.69 Å². The summed E-state index contributed by atoms with van der Waals surface area (Å²) in [5, 5.41) is 5.09. The highest BCUT2D eigenvalue weighted by molar-refractivity contribution is 6.31. The Labute approximate surface area is 149 Å². The molecule has 0 aliphatic carbocycles. The maximum absolute atomic E-state index is 12.6. The Morgan fingerprint density at radius 2 is 2.04 bits per heavy atom. The van der Waals surface area contributed by atoms with Gasteiger partial charge in [0.05, 0.1) is 11.2 Å². The predicted molar refractivity (Wildman–Crippen MR) is 92.3 cm³/mol. The van der Waals surface area contributed by atoms with E-state index in [4.69, 9.17) is 23.2 Å². The van der Waals surface area contributed by atoms with Crippen molar-refractivity contribution in [3.63, 3.8) is 0 Å². The molecule has 2 heterocycles. The van der Waals surface area contributed by atoms with Crippen LogP contribution in [0.15, 0.2) is 36.7 Å². The molecule has 3 rings (SSSR count). The van der Waals surface area contributed by atoms with Gasteiger partial charge in [-0.25, -0.2) is 0 Å². The predicted octanol–water partition coefficient (Wildman–Crippen LogP) is 2.63. The van der Waals surface area contributed by atoms with Crippen molar-refractivity contribution in [2.45, 2.75) is 13.0 Å². The molecule has 1 aliphatic rings. The van der Waals surface area contributed by atoms with Gasteiger partial charge in [0, 0.05) is 30.0 Å². The highest BCUT2D eigenvalue weighted by Gasteiger charge is 2.31. The quantitative estimate of drug-likeness (QED) is 0.838. The van der Waals surface area contributed by atoms with Crippen LogP contribution < -0.4 is 4.90 Å². The number of aromatic nitrogens is 2.